The van der Waals surface area contributed by atoms with Crippen molar-refractivity contribution in [3.05, 3.63) is 29.6 Å². The summed E-state index contributed by atoms with van der Waals surface area (Å²) in [6, 6.07) is 4.55. The minimum absolute atomic E-state index is 0. The highest BCUT2D eigenvalue weighted by atomic mass is 35.5. The van der Waals surface area contributed by atoms with E-state index in [0.29, 0.717) is 12.2 Å². The van der Waals surface area contributed by atoms with Crippen LogP contribution in [-0.4, -0.2) is 19.0 Å². The quantitative estimate of drug-likeness (QED) is 0.869. The van der Waals surface area contributed by atoms with Crippen LogP contribution < -0.4 is 10.6 Å². The topological polar surface area (TPSA) is 41.1 Å². The monoisotopic (exact) mass is 272 g/mol. The summed E-state index contributed by atoms with van der Waals surface area (Å²) in [5.74, 6) is -0.373. The Morgan fingerprint density at radius 2 is 2.17 bits per heavy atom. The van der Waals surface area contributed by atoms with Crippen LogP contribution in [0.4, 0.5) is 10.1 Å². The number of rotatable bonds is 2. The summed E-state index contributed by atoms with van der Waals surface area (Å²) in [6.45, 7) is 5.26. The van der Waals surface area contributed by atoms with Gasteiger partial charge in [-0.25, -0.2) is 4.39 Å². The summed E-state index contributed by atoms with van der Waals surface area (Å²) in [5.41, 5.74) is 0.941. The maximum atomic E-state index is 13.2. The first-order valence-electron chi connectivity index (χ1n) is 5.79. The zero-order chi connectivity index (χ0) is 12.5. The molecule has 1 fully saturated rings. The molecule has 1 unspecified atom stereocenters. The first-order chi connectivity index (χ1) is 7.99. The highest BCUT2D eigenvalue weighted by molar-refractivity contribution is 5.95. The van der Waals surface area contributed by atoms with Gasteiger partial charge < -0.3 is 10.6 Å². The van der Waals surface area contributed by atoms with Gasteiger partial charge in [-0.05, 0) is 50.6 Å². The molecule has 0 aromatic heterocycles. The maximum absolute atomic E-state index is 13.2. The molecular formula is C13H18ClFN2O. The van der Waals surface area contributed by atoms with Crippen LogP contribution in [0, 0.1) is 18.2 Å². The second kappa shape index (κ2) is 5.67. The second-order valence-corrected chi connectivity index (χ2v) is 4.96. The molecule has 1 aliphatic rings. The van der Waals surface area contributed by atoms with Crippen molar-refractivity contribution in [3.63, 3.8) is 0 Å². The van der Waals surface area contributed by atoms with E-state index in [2.05, 4.69) is 10.6 Å². The van der Waals surface area contributed by atoms with Gasteiger partial charge >= 0.3 is 0 Å². The Bertz CT molecular complexity index is 424. The predicted molar refractivity (Wildman–Crippen MR) is 72.6 cm³/mol. The molecule has 1 aromatic carbocycles. The first-order valence-corrected chi connectivity index (χ1v) is 5.79. The van der Waals surface area contributed by atoms with E-state index in [1.807, 2.05) is 6.92 Å². The molecule has 1 amide bonds. The number of benzene rings is 1. The number of halogens is 2. The minimum Gasteiger partial charge on any atom is -0.325 e. The number of amides is 1. The molecule has 1 aliphatic heterocycles. The fraction of sp³-hybridized carbons (Fsp3) is 0.462. The summed E-state index contributed by atoms with van der Waals surface area (Å²) in [6.07, 6.45) is 0.813. The van der Waals surface area contributed by atoms with Gasteiger partial charge in [0.2, 0.25) is 5.91 Å². The lowest BCUT2D eigenvalue weighted by Crippen LogP contribution is -2.35. The molecule has 1 saturated heterocycles. The molecule has 0 radical (unpaired) electrons. The fourth-order valence-electron chi connectivity index (χ4n) is 2.10. The van der Waals surface area contributed by atoms with E-state index in [9.17, 15) is 9.18 Å². The van der Waals surface area contributed by atoms with Gasteiger partial charge in [-0.3, -0.25) is 4.79 Å². The molecule has 1 heterocycles. The van der Waals surface area contributed by atoms with E-state index in [1.165, 1.54) is 12.1 Å². The van der Waals surface area contributed by atoms with Gasteiger partial charge in [-0.2, -0.15) is 0 Å². The maximum Gasteiger partial charge on any atom is 0.231 e. The standard InChI is InChI=1S/C13H17FN2O.ClH/c1-9-5-10(14)7-11(6-9)16-12(17)13(2)3-4-15-8-13;/h5-7,15H,3-4,8H2,1-2H3,(H,16,17);1H. The first kappa shape index (κ1) is 14.9. The molecular weight excluding hydrogens is 255 g/mol. The highest BCUT2D eigenvalue weighted by Gasteiger charge is 2.36. The van der Waals surface area contributed by atoms with Gasteiger partial charge in [-0.1, -0.05) is 0 Å². The number of hydrogen-bond donors (Lipinski definition) is 2. The molecule has 0 aliphatic carbocycles. The van der Waals surface area contributed by atoms with E-state index in [4.69, 9.17) is 0 Å². The Morgan fingerprint density at radius 3 is 2.72 bits per heavy atom. The molecule has 2 N–H and O–H groups in total. The van der Waals surface area contributed by atoms with Crippen LogP contribution in [0.25, 0.3) is 0 Å². The van der Waals surface area contributed by atoms with Crippen LogP contribution in [0.3, 0.4) is 0 Å². The number of hydrogen-bond acceptors (Lipinski definition) is 2. The normalized spacial score (nSPS) is 22.4. The van der Waals surface area contributed by atoms with Gasteiger partial charge in [0.1, 0.15) is 5.82 Å². The van der Waals surface area contributed by atoms with E-state index in [0.717, 1.165) is 18.5 Å². The average Bonchev–Trinajstić information content (AvgIpc) is 2.64. The molecule has 5 heteroatoms. The molecule has 1 atom stereocenters. The summed E-state index contributed by atoms with van der Waals surface area (Å²) >= 11 is 0. The number of carbonyl (C=O) groups excluding carboxylic acids is 1. The molecule has 0 spiro atoms. The fourth-order valence-corrected chi connectivity index (χ4v) is 2.10. The molecule has 2 rings (SSSR count). The zero-order valence-electron chi connectivity index (χ0n) is 10.5. The lowest BCUT2D eigenvalue weighted by Gasteiger charge is -2.21. The van der Waals surface area contributed by atoms with Crippen molar-refractivity contribution in [1.29, 1.82) is 0 Å². The van der Waals surface area contributed by atoms with E-state index < -0.39 is 0 Å². The smallest absolute Gasteiger partial charge is 0.231 e. The van der Waals surface area contributed by atoms with Gasteiger partial charge in [0.15, 0.2) is 0 Å². The molecule has 18 heavy (non-hydrogen) atoms. The largest absolute Gasteiger partial charge is 0.325 e. The van der Waals surface area contributed by atoms with Crippen molar-refractivity contribution in [2.45, 2.75) is 20.3 Å². The van der Waals surface area contributed by atoms with Crippen LogP contribution in [-0.2, 0) is 4.79 Å². The Kier molecular flexibility index (Phi) is 4.71. The van der Waals surface area contributed by atoms with Gasteiger partial charge in [0.05, 0.1) is 5.41 Å². The number of carbonyl (C=O) groups is 1. The number of aryl methyl sites for hydroxylation is 1. The van der Waals surface area contributed by atoms with Crippen LogP contribution in [0.2, 0.25) is 0 Å². The molecule has 1 aromatic rings. The van der Waals surface area contributed by atoms with Crippen LogP contribution in [0.1, 0.15) is 18.9 Å². The summed E-state index contributed by atoms with van der Waals surface area (Å²) in [7, 11) is 0. The molecule has 0 bridgehead atoms. The van der Waals surface area contributed by atoms with Gasteiger partial charge in [0.25, 0.3) is 0 Å². The van der Waals surface area contributed by atoms with E-state index in [-0.39, 0.29) is 29.5 Å². The Balaban J connectivity index is 0.00000162. The molecule has 0 saturated carbocycles. The van der Waals surface area contributed by atoms with Crippen LogP contribution in [0.5, 0.6) is 0 Å². The summed E-state index contributed by atoms with van der Waals surface area (Å²) in [5, 5.41) is 5.95. The molecule has 3 nitrogen and oxygen atoms in total. The van der Waals surface area contributed by atoms with Gasteiger partial charge in [0, 0.05) is 12.2 Å². The Hall–Kier alpha value is -1.13. The van der Waals surface area contributed by atoms with Crippen molar-refractivity contribution in [3.8, 4) is 0 Å². The van der Waals surface area contributed by atoms with E-state index in [1.54, 1.807) is 13.0 Å². The summed E-state index contributed by atoms with van der Waals surface area (Å²) < 4.78 is 13.2. The molecule has 100 valence electrons. The van der Waals surface area contributed by atoms with Crippen molar-refractivity contribution < 1.29 is 9.18 Å². The van der Waals surface area contributed by atoms with Crippen LogP contribution in [0.15, 0.2) is 18.2 Å². The van der Waals surface area contributed by atoms with E-state index >= 15 is 0 Å². The number of anilines is 1. The van der Waals surface area contributed by atoms with Crippen LogP contribution >= 0.6 is 12.4 Å². The SMILES string of the molecule is Cc1cc(F)cc(NC(=O)C2(C)CCNC2)c1.Cl. The zero-order valence-corrected chi connectivity index (χ0v) is 11.4. The Morgan fingerprint density at radius 1 is 1.44 bits per heavy atom. The average molecular weight is 273 g/mol. The van der Waals surface area contributed by atoms with Crippen molar-refractivity contribution >= 4 is 24.0 Å². The highest BCUT2D eigenvalue weighted by Crippen LogP contribution is 2.26. The summed E-state index contributed by atoms with van der Waals surface area (Å²) in [4.78, 5) is 12.1. The van der Waals surface area contributed by atoms with Crippen molar-refractivity contribution in [2.75, 3.05) is 18.4 Å². The third kappa shape index (κ3) is 3.21. The third-order valence-electron chi connectivity index (χ3n) is 3.22. The number of nitrogens with one attached hydrogen (secondary N) is 2. The van der Waals surface area contributed by atoms with Gasteiger partial charge in [-0.15, -0.1) is 12.4 Å². The minimum atomic E-state index is -0.389. The third-order valence-corrected chi connectivity index (χ3v) is 3.22. The van der Waals surface area contributed by atoms with Crippen molar-refractivity contribution in [1.82, 2.24) is 5.32 Å². The lowest BCUT2D eigenvalue weighted by molar-refractivity contribution is -0.123. The van der Waals surface area contributed by atoms with Crippen molar-refractivity contribution in [2.24, 2.45) is 5.41 Å². The Labute approximate surface area is 113 Å². The second-order valence-electron chi connectivity index (χ2n) is 4.96. The predicted octanol–water partition coefficient (Wildman–Crippen LogP) is 2.49. The lowest BCUT2D eigenvalue weighted by atomic mass is 9.88.